The van der Waals surface area contributed by atoms with Gasteiger partial charge in [-0.1, -0.05) is 104 Å². The van der Waals surface area contributed by atoms with Crippen LogP contribution < -0.4 is 10.6 Å². The molecule has 0 fully saturated rings. The first-order valence-electron chi connectivity index (χ1n) is 20.2. The Morgan fingerprint density at radius 1 is 0.424 bits per heavy atom. The van der Waals surface area contributed by atoms with E-state index in [1.165, 1.54) is 49.2 Å². The zero-order chi connectivity index (χ0) is 38.8. The summed E-state index contributed by atoms with van der Waals surface area (Å²) in [6.07, 6.45) is 2.39. The molecule has 1 atom stereocenters. The van der Waals surface area contributed by atoms with E-state index in [0.29, 0.717) is 0 Å². The fourth-order valence-electron chi connectivity index (χ4n) is 9.73. The molecule has 8 aromatic carbocycles. The molecule has 4 nitrogen and oxygen atoms in total. The maximum absolute atomic E-state index is 6.64. The van der Waals surface area contributed by atoms with Gasteiger partial charge in [-0.2, -0.15) is 0 Å². The van der Waals surface area contributed by atoms with Crippen molar-refractivity contribution in [2.45, 2.75) is 6.92 Å². The Balaban J connectivity index is 0.940. The van der Waals surface area contributed by atoms with Gasteiger partial charge in [0.1, 0.15) is 11.2 Å². The van der Waals surface area contributed by atoms with Crippen molar-refractivity contribution in [3.8, 4) is 22.5 Å². The van der Waals surface area contributed by atoms with E-state index in [1.807, 2.05) is 0 Å². The lowest BCUT2D eigenvalue weighted by atomic mass is 9.90. The summed E-state index contributed by atoms with van der Waals surface area (Å²) < 4.78 is 18.0. The summed E-state index contributed by atoms with van der Waals surface area (Å²) in [4.78, 5) is 0. The van der Waals surface area contributed by atoms with Gasteiger partial charge in [0.25, 0.3) is 0 Å². The topological polar surface area (TPSA) is 36.1 Å². The molecule has 4 aromatic heterocycles. The predicted octanol–water partition coefficient (Wildman–Crippen LogP) is 13.1. The molecule has 1 unspecified atom stereocenters. The van der Waals surface area contributed by atoms with Crippen molar-refractivity contribution in [2.24, 2.45) is 5.92 Å². The highest BCUT2D eigenvalue weighted by atomic mass is 16.4. The molecule has 0 amide bonds. The molecule has 0 saturated heterocycles. The molecule has 0 N–H and O–H groups in total. The number of hydrogen-bond donors (Lipinski definition) is 0. The summed E-state index contributed by atoms with van der Waals surface area (Å²) in [5.74, 6) is 0.157. The molecule has 1 aliphatic carbocycles. The standard InChI is InChI=1S/C55H34N2O2/c1-33-28-51-45(40-17-9-11-19-49(40)57(51)38-14-6-3-7-15-38)32-43(33)36-22-27-53-47(31-36)42-24-23-41-46-30-35(21-26-52(46)58-54(41)55(42)59-53)34-20-25-50-44(29-34)39-16-8-10-18-48(39)56(50)37-12-4-2-5-13-37/h2-31,33H,1H3. The molecule has 0 saturated carbocycles. The lowest BCUT2D eigenvalue weighted by molar-refractivity contribution is 0.633. The quantitative estimate of drug-likeness (QED) is 0.179. The maximum Gasteiger partial charge on any atom is 0.178 e. The summed E-state index contributed by atoms with van der Waals surface area (Å²) >= 11 is 0. The van der Waals surface area contributed by atoms with Gasteiger partial charge in [0.15, 0.2) is 11.2 Å². The third-order valence-electron chi connectivity index (χ3n) is 12.5. The van der Waals surface area contributed by atoms with Gasteiger partial charge in [-0.25, -0.2) is 0 Å². The van der Waals surface area contributed by atoms with Gasteiger partial charge in [0.05, 0.1) is 21.9 Å². The van der Waals surface area contributed by atoms with Gasteiger partial charge in [-0.3, -0.25) is 0 Å². The molecule has 0 radical (unpaired) electrons. The minimum Gasteiger partial charge on any atom is -0.452 e. The first-order valence-corrected chi connectivity index (χ1v) is 20.2. The van der Waals surface area contributed by atoms with Gasteiger partial charge in [0.2, 0.25) is 0 Å². The third kappa shape index (κ3) is 4.66. The first kappa shape index (κ1) is 32.3. The fraction of sp³-hybridized carbons (Fsp3) is 0.0364. The number of furan rings is 2. The summed E-state index contributed by atoms with van der Waals surface area (Å²) in [6.45, 7) is 2.27. The third-order valence-corrected chi connectivity index (χ3v) is 12.5. The minimum absolute atomic E-state index is 0.157. The van der Waals surface area contributed by atoms with Gasteiger partial charge >= 0.3 is 0 Å². The van der Waals surface area contributed by atoms with Gasteiger partial charge in [-0.05, 0) is 102 Å². The summed E-state index contributed by atoms with van der Waals surface area (Å²) in [5.41, 5.74) is 17.7. The van der Waals surface area contributed by atoms with E-state index in [0.717, 1.165) is 71.6 Å². The zero-order valence-electron chi connectivity index (χ0n) is 32.1. The highest BCUT2D eigenvalue weighted by Gasteiger charge is 2.21. The Bertz CT molecular complexity index is 3890. The van der Waals surface area contributed by atoms with Crippen LogP contribution in [0, 0.1) is 5.92 Å². The highest BCUT2D eigenvalue weighted by molar-refractivity contribution is 6.19. The Morgan fingerprint density at radius 2 is 0.932 bits per heavy atom. The lowest BCUT2D eigenvalue weighted by Gasteiger charge is -2.14. The molecule has 59 heavy (non-hydrogen) atoms. The van der Waals surface area contributed by atoms with E-state index in [2.05, 4.69) is 204 Å². The smallest absolute Gasteiger partial charge is 0.178 e. The first-order chi connectivity index (χ1) is 29.2. The van der Waals surface area contributed by atoms with Crippen molar-refractivity contribution >= 4 is 94.0 Å². The number of para-hydroxylation sites is 4. The van der Waals surface area contributed by atoms with Crippen LogP contribution in [0.15, 0.2) is 185 Å². The van der Waals surface area contributed by atoms with E-state index in [-0.39, 0.29) is 5.92 Å². The molecule has 4 heterocycles. The van der Waals surface area contributed by atoms with Crippen molar-refractivity contribution in [1.82, 2.24) is 9.13 Å². The molecule has 13 rings (SSSR count). The Labute approximate surface area is 338 Å². The minimum atomic E-state index is 0.157. The average molecular weight is 755 g/mol. The van der Waals surface area contributed by atoms with Gasteiger partial charge < -0.3 is 18.0 Å². The Hall–Kier alpha value is -7.78. The second-order valence-electron chi connectivity index (χ2n) is 15.8. The lowest BCUT2D eigenvalue weighted by Crippen LogP contribution is -2.31. The summed E-state index contributed by atoms with van der Waals surface area (Å²) in [7, 11) is 0. The van der Waals surface area contributed by atoms with E-state index < -0.39 is 0 Å². The predicted molar refractivity (Wildman–Crippen MR) is 244 cm³/mol. The number of hydrogen-bond acceptors (Lipinski definition) is 2. The van der Waals surface area contributed by atoms with Crippen molar-refractivity contribution in [1.29, 1.82) is 0 Å². The molecule has 0 aliphatic heterocycles. The number of benzene rings is 8. The van der Waals surface area contributed by atoms with Crippen LogP contribution in [0.2, 0.25) is 0 Å². The van der Waals surface area contributed by atoms with E-state index in [9.17, 15) is 0 Å². The number of rotatable bonds is 4. The van der Waals surface area contributed by atoms with Crippen LogP contribution in [0.25, 0.3) is 116 Å². The highest BCUT2D eigenvalue weighted by Crippen LogP contribution is 2.42. The number of allylic oxidation sites excluding steroid dienone is 1. The van der Waals surface area contributed by atoms with Crippen LogP contribution in [0.1, 0.15) is 12.5 Å². The monoisotopic (exact) mass is 754 g/mol. The van der Waals surface area contributed by atoms with E-state index in [1.54, 1.807) is 0 Å². The van der Waals surface area contributed by atoms with Crippen molar-refractivity contribution in [3.63, 3.8) is 0 Å². The molecular weight excluding hydrogens is 721 g/mol. The van der Waals surface area contributed by atoms with E-state index >= 15 is 0 Å². The van der Waals surface area contributed by atoms with Crippen LogP contribution in [-0.2, 0) is 0 Å². The maximum atomic E-state index is 6.64. The van der Waals surface area contributed by atoms with Crippen LogP contribution in [0.3, 0.4) is 0 Å². The normalized spacial score (nSPS) is 14.1. The number of aromatic nitrogens is 2. The average Bonchev–Trinajstić information content (AvgIpc) is 4.03. The SMILES string of the molecule is CC1C=c2c(c3ccccc3n2-c2ccccc2)=C=C1c1ccc2oc3c(ccc4c5cc(-c6ccc7c(c6)c6ccccc6n7-c6ccccc6)ccc5oc43)c2c1. The molecule has 0 bridgehead atoms. The molecule has 276 valence electrons. The molecule has 4 heteroatoms. The van der Waals surface area contributed by atoms with Crippen molar-refractivity contribution in [3.05, 3.63) is 192 Å². The van der Waals surface area contributed by atoms with Gasteiger partial charge in [-0.15, -0.1) is 5.73 Å². The number of nitrogens with zero attached hydrogens (tertiary/aromatic N) is 2. The molecule has 1 aliphatic rings. The summed E-state index contributed by atoms with van der Waals surface area (Å²) in [5, 5.41) is 10.2. The van der Waals surface area contributed by atoms with Gasteiger partial charge in [0, 0.05) is 65.8 Å². The van der Waals surface area contributed by atoms with Crippen molar-refractivity contribution in [2.75, 3.05) is 0 Å². The Kier molecular flexibility index (Phi) is 6.64. The molecule has 0 spiro atoms. The van der Waals surface area contributed by atoms with Crippen LogP contribution in [-0.4, -0.2) is 9.13 Å². The number of fused-ring (bicyclic) bond motifs is 13. The molecular formula is C55H34N2O2. The largest absolute Gasteiger partial charge is 0.452 e. The Morgan fingerprint density at radius 3 is 1.61 bits per heavy atom. The summed E-state index contributed by atoms with van der Waals surface area (Å²) in [6, 6.07) is 62.8. The van der Waals surface area contributed by atoms with Crippen LogP contribution in [0.5, 0.6) is 0 Å². The second-order valence-corrected chi connectivity index (χ2v) is 15.8. The van der Waals surface area contributed by atoms with E-state index in [4.69, 9.17) is 8.83 Å². The zero-order valence-corrected chi connectivity index (χ0v) is 32.1. The van der Waals surface area contributed by atoms with Crippen LogP contribution >= 0.6 is 0 Å². The molecule has 12 aromatic rings. The second kappa shape index (κ2) is 12.1. The fourth-order valence-corrected chi connectivity index (χ4v) is 9.73. The van der Waals surface area contributed by atoms with Crippen molar-refractivity contribution < 1.29 is 8.83 Å². The van der Waals surface area contributed by atoms with Crippen LogP contribution in [0.4, 0.5) is 0 Å².